The van der Waals surface area contributed by atoms with Gasteiger partial charge in [-0.3, -0.25) is 36.6 Å². The molecule has 11 aromatic carbocycles. The molecular weight excluding hydrogens is 1780 g/mol. The summed E-state index contributed by atoms with van der Waals surface area (Å²) in [4.78, 5) is 31.0. The minimum Gasteiger partial charge on any atom is -0.508 e. The van der Waals surface area contributed by atoms with Crippen LogP contribution in [0.15, 0.2) is 219 Å². The summed E-state index contributed by atoms with van der Waals surface area (Å²) in [6.45, 7) is 43.3. The van der Waals surface area contributed by atoms with Crippen molar-refractivity contribution in [1.29, 1.82) is 0 Å². The predicted octanol–water partition coefficient (Wildman–Crippen LogP) is 27.6. The highest BCUT2D eigenvalue weighted by molar-refractivity contribution is 7.57. The Bertz CT molecular complexity index is 5930. The van der Waals surface area contributed by atoms with Gasteiger partial charge < -0.3 is 63.2 Å². The Morgan fingerprint density at radius 2 is 0.778 bits per heavy atom. The Morgan fingerprint density at radius 1 is 0.430 bits per heavy atom. The minimum absolute atomic E-state index is 0. The van der Waals surface area contributed by atoms with Gasteiger partial charge in [0.25, 0.3) is 0 Å². The second kappa shape index (κ2) is 49.0. The normalized spacial score (nSPS) is 15.0. The fraction of sp³-hybridized carbons (Fsp3) is 0.373. The monoisotopic (exact) mass is 1920 g/mol. The quantitative estimate of drug-likeness (QED) is 0.00945. The molecule has 1 saturated heterocycles. The van der Waals surface area contributed by atoms with Crippen LogP contribution < -0.4 is 18.9 Å². The molecule has 0 radical (unpaired) electrons. The maximum absolute atomic E-state index is 13.6. The van der Waals surface area contributed by atoms with Gasteiger partial charge in [0.15, 0.2) is 32.2 Å². The molecule has 4 unspecified atom stereocenters. The van der Waals surface area contributed by atoms with Gasteiger partial charge in [0.2, 0.25) is 21.5 Å². The number of benzene rings is 11. The SMILES string of the molecule is C.C=C(OCOP(=O)(COc1cc(C)c(Cc2ccc(O)c(Cc3ccccc3)c2)c(C)c1)OCOC(=O)C(C)(C)C)C(C)(C)C.Cc1cc(OCP(C)(=O)O)cc(C)c1Cc1ccc(O)c(C(C)C)c1.Cc1cc(OCP(C)(=O)O)cc(C)c1Cc1ccc(O)c(Cc2ccccc2)c1.Cc1cccc([C@@H]2CCOP(=O)(COc3cc(C)c(Cc4ccc(O)c(C(C)C)c4)c(C)c3)O2)c1. The van der Waals surface area contributed by atoms with Gasteiger partial charge in [0.05, 0.1) is 23.9 Å². The predicted molar refractivity (Wildman–Crippen MR) is 542 cm³/mol. The molecule has 0 bridgehead atoms. The van der Waals surface area contributed by atoms with Crippen LogP contribution >= 0.6 is 29.9 Å². The molecule has 5 atom stereocenters. The Labute approximate surface area is 800 Å². The van der Waals surface area contributed by atoms with Gasteiger partial charge in [0, 0.05) is 38.0 Å². The van der Waals surface area contributed by atoms with E-state index in [-0.39, 0.29) is 62.4 Å². The molecule has 0 amide bonds. The molecule has 1 aliphatic heterocycles. The Kier molecular flexibility index (Phi) is 39.9. The standard InChI is InChI=1S/C36H47O8P.C29H35O5P.C24H27O4P.C20H27O4P.CH4/c1-25-17-31(18-26(2)32(25)21-29-15-16-33(37)30(20-29)19-28-13-11-10-12-14-28)42-24-45(39,43-22-40-27(3)35(4,5)6)44-23-41-34(38)36(7,8)9;1-19(2)26-16-23(9-10-28(26)30)17-27-21(4)14-25(15-22(27)5)32-18-35(31)33-12-11-29(34-35)24-8-6-7-20(3)13-24;1-17-11-22(28-16-29(3,26)27)12-18(2)23(17)15-20-9-10-24(25)21(14-20)13-19-7-5-4-6-8-19;1-13(2)18-10-16(6-7-20(18)21)11-19-14(3)8-17(9-15(19)4)24-12-25(5,22)23;/h10-18,20,37H,3,19,21-24H2,1-2,4-9H3;6-10,13-16,19,29-30H,11-12,17-18H2,1-5H3;4-12,14,25H,13,15-16H2,1-3H3,(H,26,27);6-10,13,21H,11-12H2,1-5H3,(H,22,23);1H4/t;29-,35?;;;/m.0.../s1. The lowest BCUT2D eigenvalue weighted by Crippen LogP contribution is -2.24. The molecule has 1 heterocycles. The van der Waals surface area contributed by atoms with Crippen LogP contribution in [0.4, 0.5) is 0 Å². The third-order valence-corrected chi connectivity index (χ3v) is 27.1. The van der Waals surface area contributed by atoms with Gasteiger partial charge in [-0.25, -0.2) is 0 Å². The maximum Gasteiger partial charge on any atom is 0.373 e. The number of phenolic OH excluding ortho intramolecular Hbond substituents is 4. The number of carbonyl (C=O) groups excluding carboxylic acids is 1. The molecule has 25 heteroatoms. The molecule has 12 rings (SSSR count). The Balaban J connectivity index is 0.000000226. The second-order valence-corrected chi connectivity index (χ2v) is 46.4. The number of esters is 1. The average molecular weight is 1920 g/mol. The highest BCUT2D eigenvalue weighted by Crippen LogP contribution is 2.56. The molecule has 0 aliphatic carbocycles. The third-order valence-electron chi connectivity index (χ3n) is 22.9. The van der Waals surface area contributed by atoms with Crippen LogP contribution in [-0.2, 0) is 89.1 Å². The zero-order valence-corrected chi connectivity index (χ0v) is 85.1. The van der Waals surface area contributed by atoms with Gasteiger partial charge in [-0.2, -0.15) is 0 Å². The summed E-state index contributed by atoms with van der Waals surface area (Å²) < 4.78 is 106. The number of aromatic hydroxyl groups is 4. The molecule has 135 heavy (non-hydrogen) atoms. The molecule has 0 spiro atoms. The number of allylic oxidation sites excluding steroid dienone is 1. The van der Waals surface area contributed by atoms with E-state index in [9.17, 15) is 53.3 Å². The van der Waals surface area contributed by atoms with Crippen molar-refractivity contribution in [1.82, 2.24) is 0 Å². The van der Waals surface area contributed by atoms with Gasteiger partial charge in [-0.1, -0.05) is 201 Å². The van der Waals surface area contributed by atoms with Crippen molar-refractivity contribution in [3.63, 3.8) is 0 Å². The van der Waals surface area contributed by atoms with Crippen molar-refractivity contribution in [3.05, 3.63) is 352 Å². The number of aryl methyl sites for hydroxylation is 9. The second-order valence-electron chi connectivity index (χ2n) is 37.7. The van der Waals surface area contributed by atoms with Gasteiger partial charge in [-0.15, -0.1) is 0 Å². The van der Waals surface area contributed by atoms with Crippen molar-refractivity contribution < 1.29 is 99.8 Å². The zero-order valence-electron chi connectivity index (χ0n) is 81.6. The van der Waals surface area contributed by atoms with E-state index < -0.39 is 54.5 Å². The van der Waals surface area contributed by atoms with E-state index >= 15 is 0 Å². The highest BCUT2D eigenvalue weighted by atomic mass is 31.2. The van der Waals surface area contributed by atoms with E-state index in [0.717, 1.165) is 136 Å². The summed E-state index contributed by atoms with van der Waals surface area (Å²) in [5.41, 5.74) is 24.8. The first kappa shape index (κ1) is 110. The topological polar surface area (TPSA) is 299 Å². The molecule has 1 fully saturated rings. The first-order chi connectivity index (χ1) is 62.9. The van der Waals surface area contributed by atoms with E-state index in [1.165, 1.54) is 30.0 Å². The largest absolute Gasteiger partial charge is 0.508 e. The first-order valence-electron chi connectivity index (χ1n) is 45.1. The number of hydrogen-bond donors (Lipinski definition) is 6. The van der Waals surface area contributed by atoms with Crippen molar-refractivity contribution in [2.45, 2.75) is 202 Å². The molecule has 21 nitrogen and oxygen atoms in total. The number of ether oxygens (including phenoxy) is 6. The van der Waals surface area contributed by atoms with E-state index in [4.69, 9.17) is 46.5 Å². The average Bonchev–Trinajstić information content (AvgIpc) is 0.803. The Morgan fingerprint density at radius 3 is 1.13 bits per heavy atom. The van der Waals surface area contributed by atoms with Crippen LogP contribution in [0.2, 0.25) is 0 Å². The molecule has 0 saturated carbocycles. The molecule has 11 aromatic rings. The molecule has 726 valence electrons. The number of hydrogen-bond acceptors (Lipinski definition) is 19. The summed E-state index contributed by atoms with van der Waals surface area (Å²) in [5, 5.41) is 40.9. The lowest BCUT2D eigenvalue weighted by atomic mass is 9.93. The fourth-order valence-electron chi connectivity index (χ4n) is 15.2. The van der Waals surface area contributed by atoms with Crippen LogP contribution in [-0.4, -0.2) is 95.1 Å². The summed E-state index contributed by atoms with van der Waals surface area (Å²) in [6, 6.07) is 66.6. The van der Waals surface area contributed by atoms with Crippen molar-refractivity contribution in [2.24, 2.45) is 10.8 Å². The number of carbonyl (C=O) groups is 1. The molecular formula is C110H140O21P4. The van der Waals surface area contributed by atoms with E-state index in [0.29, 0.717) is 78.3 Å². The minimum atomic E-state index is -3.93. The molecule has 6 N–H and O–H groups in total. The van der Waals surface area contributed by atoms with E-state index in [1.807, 2.05) is 215 Å². The maximum atomic E-state index is 13.6. The van der Waals surface area contributed by atoms with Crippen molar-refractivity contribution >= 4 is 35.9 Å². The van der Waals surface area contributed by atoms with Crippen molar-refractivity contribution in [3.8, 4) is 46.0 Å². The number of phenols is 4. The molecule has 1 aliphatic rings. The summed E-state index contributed by atoms with van der Waals surface area (Å²) in [5.74, 6) is 4.09. The lowest BCUT2D eigenvalue weighted by Gasteiger charge is -2.30. The lowest BCUT2D eigenvalue weighted by molar-refractivity contribution is -0.160. The van der Waals surface area contributed by atoms with Crippen LogP contribution in [0, 0.1) is 73.1 Å². The van der Waals surface area contributed by atoms with Gasteiger partial charge in [-0.05, 0) is 321 Å². The van der Waals surface area contributed by atoms with Gasteiger partial charge in [0.1, 0.15) is 46.0 Å². The van der Waals surface area contributed by atoms with Crippen LogP contribution in [0.25, 0.3) is 0 Å². The van der Waals surface area contributed by atoms with Crippen molar-refractivity contribution in [2.75, 3.05) is 58.9 Å². The van der Waals surface area contributed by atoms with E-state index in [1.54, 1.807) is 45.0 Å². The van der Waals surface area contributed by atoms with Gasteiger partial charge >= 0.3 is 21.2 Å². The first-order valence-corrected chi connectivity index (χ1v) is 53.1. The summed E-state index contributed by atoms with van der Waals surface area (Å²) >= 11 is 0. The third kappa shape index (κ3) is 34.6. The van der Waals surface area contributed by atoms with Crippen LogP contribution in [0.3, 0.4) is 0 Å². The van der Waals surface area contributed by atoms with E-state index in [2.05, 4.69) is 84.5 Å². The number of rotatable bonds is 34. The zero-order chi connectivity index (χ0) is 98.4. The van der Waals surface area contributed by atoms with Crippen LogP contribution in [0.5, 0.6) is 46.0 Å². The Hall–Kier alpha value is -10.5. The molecule has 0 aromatic heterocycles. The fourth-order valence-corrected chi connectivity index (χ4v) is 18.4. The summed E-state index contributed by atoms with van der Waals surface area (Å²) in [7, 11) is -13.7. The van der Waals surface area contributed by atoms with Crippen LogP contribution in [0.1, 0.15) is 235 Å². The summed E-state index contributed by atoms with van der Waals surface area (Å²) in [6.07, 6.45) is 3.75. The smallest absolute Gasteiger partial charge is 0.373 e. The highest BCUT2D eigenvalue weighted by Gasteiger charge is 2.36.